The Kier molecular flexibility index (Phi) is 11.7. The number of carbonyl (C=O) groups excluding carboxylic acids is 4. The summed E-state index contributed by atoms with van der Waals surface area (Å²) in [5.41, 5.74) is 2.16. The van der Waals surface area contributed by atoms with Crippen LogP contribution < -0.4 is 15.5 Å². The molecule has 0 fully saturated rings. The van der Waals surface area contributed by atoms with Crippen molar-refractivity contribution in [2.45, 2.75) is 66.9 Å². The number of hydrogen-bond donors (Lipinski definition) is 3. The Balaban J connectivity index is 1.70. The summed E-state index contributed by atoms with van der Waals surface area (Å²) >= 11 is 0. The van der Waals surface area contributed by atoms with Crippen LogP contribution >= 0.6 is 0 Å². The molecule has 4 amide bonds. The highest BCUT2D eigenvalue weighted by atomic mass is 19.1. The van der Waals surface area contributed by atoms with Crippen molar-refractivity contribution in [1.29, 1.82) is 0 Å². The van der Waals surface area contributed by atoms with Gasteiger partial charge in [0.15, 0.2) is 0 Å². The molecule has 44 heavy (non-hydrogen) atoms. The van der Waals surface area contributed by atoms with Crippen LogP contribution in [-0.4, -0.2) is 78.8 Å². The maximum atomic E-state index is 14.3. The van der Waals surface area contributed by atoms with Crippen LogP contribution in [-0.2, 0) is 14.3 Å². The maximum Gasteiger partial charge on any atom is 0.421 e. The van der Waals surface area contributed by atoms with E-state index >= 15 is 0 Å². The number of aryl methyl sites for hydroxylation is 1. The first kappa shape index (κ1) is 34.3. The molecule has 0 spiro atoms. The molecule has 3 N–H and O–H groups in total. The monoisotopic (exact) mass is 613 g/mol. The highest BCUT2D eigenvalue weighted by Gasteiger charge is 2.38. The molecule has 0 unspecified atom stereocenters. The van der Waals surface area contributed by atoms with E-state index in [1.165, 1.54) is 24.3 Å². The summed E-state index contributed by atoms with van der Waals surface area (Å²) in [6.45, 7) is 16.3. The third-order valence-electron chi connectivity index (χ3n) is 7.17. The number of fused-ring (bicyclic) bond motifs is 1. The normalized spacial score (nSPS) is 13.8. The van der Waals surface area contributed by atoms with E-state index < -0.39 is 29.5 Å². The molecule has 12 heteroatoms. The van der Waals surface area contributed by atoms with E-state index in [9.17, 15) is 23.6 Å². The average molecular weight is 614 g/mol. The molecule has 0 radical (unpaired) electrons. The second-order valence-electron chi connectivity index (χ2n) is 11.6. The fraction of sp³-hybridized carbons (Fsp3) is 0.500. The number of aromatic amines is 1. The van der Waals surface area contributed by atoms with Gasteiger partial charge in [0.2, 0.25) is 0 Å². The molecule has 1 aliphatic heterocycles. The number of aromatic nitrogens is 1. The Morgan fingerprint density at radius 1 is 1.07 bits per heavy atom. The lowest BCUT2D eigenvalue weighted by Gasteiger charge is -2.19. The van der Waals surface area contributed by atoms with Gasteiger partial charge < -0.3 is 30.0 Å². The second kappa shape index (κ2) is 15.0. The quantitative estimate of drug-likeness (QED) is 0.222. The van der Waals surface area contributed by atoms with Gasteiger partial charge in [0, 0.05) is 36.6 Å². The number of unbranched alkanes of at least 4 members (excludes halogenated alkanes) is 1. The van der Waals surface area contributed by atoms with Crippen molar-refractivity contribution >= 4 is 41.3 Å². The van der Waals surface area contributed by atoms with Gasteiger partial charge in [-0.2, -0.15) is 0 Å². The molecule has 1 aliphatic rings. The average Bonchev–Trinajstić information content (AvgIpc) is 3.38. The van der Waals surface area contributed by atoms with Gasteiger partial charge in [-0.25, -0.2) is 18.9 Å². The fourth-order valence-corrected chi connectivity index (χ4v) is 4.90. The van der Waals surface area contributed by atoms with Crippen LogP contribution in [0.2, 0.25) is 0 Å². The van der Waals surface area contributed by atoms with Gasteiger partial charge in [-0.1, -0.05) is 13.8 Å². The minimum Gasteiger partial charge on any atom is -0.449 e. The van der Waals surface area contributed by atoms with Crippen LogP contribution in [0.4, 0.5) is 19.7 Å². The predicted octanol–water partition coefficient (Wildman–Crippen LogP) is 5.17. The number of rotatable bonds is 12. The number of nitrogens with one attached hydrogen (secondary N) is 3. The molecule has 11 nitrogen and oxygen atoms in total. The number of carbonyl (C=O) groups is 4. The molecule has 0 atom stereocenters. The molecule has 3 rings (SSSR count). The number of nitrogens with zero attached hydrogens (tertiary/aromatic N) is 2. The van der Waals surface area contributed by atoms with E-state index in [1.54, 1.807) is 34.6 Å². The Morgan fingerprint density at radius 2 is 1.77 bits per heavy atom. The van der Waals surface area contributed by atoms with Crippen molar-refractivity contribution in [3.05, 3.63) is 52.1 Å². The molecule has 2 heterocycles. The standard InChI is InChI=1S/C32H44FN5O6/c1-8-37(9-2)16-15-34-28(39)27-20(3)25(36-21(27)4)19-24-23-18-22(33)12-13-26(23)38(29(24)40)31(42)43-17-11-10-14-35-30(41)44-32(5,6)7/h12-13,18-19,36H,8-11,14-17H2,1-7H3,(H,34,39)(H,35,41). The third kappa shape index (κ3) is 8.68. The Hall–Kier alpha value is -4.19. The van der Waals surface area contributed by atoms with Crippen LogP contribution in [0.1, 0.15) is 80.3 Å². The van der Waals surface area contributed by atoms with Crippen LogP contribution in [0.3, 0.4) is 0 Å². The lowest BCUT2D eigenvalue weighted by atomic mass is 10.0. The summed E-state index contributed by atoms with van der Waals surface area (Å²) in [6, 6.07) is 3.72. The number of halogens is 1. The summed E-state index contributed by atoms with van der Waals surface area (Å²) in [7, 11) is 0. The zero-order chi connectivity index (χ0) is 32.6. The Labute approximate surface area is 258 Å². The van der Waals surface area contributed by atoms with Crippen molar-refractivity contribution < 1.29 is 33.0 Å². The molecule has 2 aromatic rings. The molecule has 0 saturated carbocycles. The summed E-state index contributed by atoms with van der Waals surface area (Å²) in [5.74, 6) is -1.47. The van der Waals surface area contributed by atoms with E-state index in [-0.39, 0.29) is 29.3 Å². The topological polar surface area (TPSA) is 133 Å². The lowest BCUT2D eigenvalue weighted by molar-refractivity contribution is -0.112. The molecular weight excluding hydrogens is 569 g/mol. The highest BCUT2D eigenvalue weighted by molar-refractivity contribution is 6.41. The van der Waals surface area contributed by atoms with Gasteiger partial charge in [-0.05, 0) is 90.4 Å². The van der Waals surface area contributed by atoms with Gasteiger partial charge in [-0.15, -0.1) is 0 Å². The maximum absolute atomic E-state index is 14.3. The predicted molar refractivity (Wildman–Crippen MR) is 167 cm³/mol. The molecule has 1 aromatic heterocycles. The smallest absolute Gasteiger partial charge is 0.421 e. The van der Waals surface area contributed by atoms with Gasteiger partial charge in [0.1, 0.15) is 11.4 Å². The van der Waals surface area contributed by atoms with Crippen molar-refractivity contribution in [3.8, 4) is 0 Å². The third-order valence-corrected chi connectivity index (χ3v) is 7.17. The molecule has 240 valence electrons. The minimum absolute atomic E-state index is 0.00978. The van der Waals surface area contributed by atoms with Crippen molar-refractivity contribution in [1.82, 2.24) is 20.5 Å². The number of ether oxygens (including phenoxy) is 2. The highest BCUT2D eigenvalue weighted by Crippen LogP contribution is 2.39. The van der Waals surface area contributed by atoms with Crippen LogP contribution in [0.25, 0.3) is 11.6 Å². The van der Waals surface area contributed by atoms with E-state index in [0.717, 1.165) is 24.5 Å². The van der Waals surface area contributed by atoms with Gasteiger partial charge in [-0.3, -0.25) is 9.59 Å². The summed E-state index contributed by atoms with van der Waals surface area (Å²) in [6.07, 6.45) is 1.06. The first-order valence-electron chi connectivity index (χ1n) is 15.0. The van der Waals surface area contributed by atoms with E-state index in [2.05, 4.69) is 34.4 Å². The second-order valence-corrected chi connectivity index (χ2v) is 11.6. The molecule has 0 bridgehead atoms. The van der Waals surface area contributed by atoms with Gasteiger partial charge >= 0.3 is 12.2 Å². The lowest BCUT2D eigenvalue weighted by Crippen LogP contribution is -2.35. The van der Waals surface area contributed by atoms with Crippen LogP contribution in [0.15, 0.2) is 18.2 Å². The number of imide groups is 1. The van der Waals surface area contributed by atoms with E-state index in [4.69, 9.17) is 9.47 Å². The van der Waals surface area contributed by atoms with Crippen molar-refractivity contribution in [2.24, 2.45) is 0 Å². The number of amides is 4. The zero-order valence-corrected chi connectivity index (χ0v) is 26.7. The number of benzene rings is 1. The van der Waals surface area contributed by atoms with Crippen molar-refractivity contribution in [2.75, 3.05) is 44.2 Å². The largest absolute Gasteiger partial charge is 0.449 e. The molecular formula is C32H44FN5O6. The number of likely N-dealkylation sites (N-methyl/N-ethyl adjacent to an activating group) is 1. The SMILES string of the molecule is CCN(CC)CCNC(=O)c1c(C)[nH]c(C=C2C(=O)N(C(=O)OCCCCNC(=O)OC(C)(C)C)c3ccc(F)cc32)c1C. The number of alkyl carbamates (subject to hydrolysis) is 1. The van der Waals surface area contributed by atoms with Crippen LogP contribution in [0.5, 0.6) is 0 Å². The minimum atomic E-state index is -0.890. The van der Waals surface area contributed by atoms with E-state index in [0.29, 0.717) is 48.4 Å². The van der Waals surface area contributed by atoms with Crippen LogP contribution in [0, 0.1) is 19.7 Å². The van der Waals surface area contributed by atoms with Crippen molar-refractivity contribution in [3.63, 3.8) is 0 Å². The summed E-state index contributed by atoms with van der Waals surface area (Å²) < 4.78 is 24.8. The molecule has 0 saturated heterocycles. The number of H-pyrrole nitrogens is 1. The zero-order valence-electron chi connectivity index (χ0n) is 26.7. The first-order valence-corrected chi connectivity index (χ1v) is 15.0. The Bertz CT molecular complexity index is 1410. The number of hydrogen-bond acceptors (Lipinski definition) is 7. The van der Waals surface area contributed by atoms with E-state index in [1.807, 2.05) is 0 Å². The first-order chi connectivity index (χ1) is 20.8. The van der Waals surface area contributed by atoms with Gasteiger partial charge in [0.25, 0.3) is 11.8 Å². The molecule has 1 aromatic carbocycles. The van der Waals surface area contributed by atoms with Gasteiger partial charge in [0.05, 0.1) is 23.4 Å². The molecule has 0 aliphatic carbocycles. The summed E-state index contributed by atoms with van der Waals surface area (Å²) in [5, 5.41) is 5.59. The Morgan fingerprint density at radius 3 is 2.43 bits per heavy atom. The number of anilines is 1. The fourth-order valence-electron chi connectivity index (χ4n) is 4.90. The summed E-state index contributed by atoms with van der Waals surface area (Å²) in [4.78, 5) is 57.5.